The Morgan fingerprint density at radius 2 is 2.29 bits per heavy atom. The molecule has 1 saturated carbocycles. The second kappa shape index (κ2) is 4.62. The Morgan fingerprint density at radius 3 is 2.82 bits per heavy atom. The van der Waals surface area contributed by atoms with E-state index >= 15 is 0 Å². The second-order valence-corrected chi connectivity index (χ2v) is 4.61. The molecule has 1 aliphatic rings. The van der Waals surface area contributed by atoms with Gasteiger partial charge in [0, 0.05) is 0 Å². The monoisotopic (exact) mass is 232 g/mol. The van der Waals surface area contributed by atoms with E-state index < -0.39 is 5.41 Å². The molecule has 0 aliphatic heterocycles. The average molecular weight is 232 g/mol. The van der Waals surface area contributed by atoms with Gasteiger partial charge in [-0.1, -0.05) is 12.8 Å². The van der Waals surface area contributed by atoms with Crippen molar-refractivity contribution in [3.63, 3.8) is 0 Å². The van der Waals surface area contributed by atoms with Crippen molar-refractivity contribution >= 4 is 5.91 Å². The van der Waals surface area contributed by atoms with Gasteiger partial charge in [0.25, 0.3) is 0 Å². The molecule has 1 heterocycles. The maximum absolute atomic E-state index is 12.1. The van der Waals surface area contributed by atoms with Gasteiger partial charge in [-0.2, -0.15) is 5.26 Å². The molecule has 4 heteroatoms. The fourth-order valence-corrected chi connectivity index (χ4v) is 2.31. The zero-order valence-corrected chi connectivity index (χ0v) is 9.90. The Hall–Kier alpha value is -1.76. The topological polar surface area (TPSA) is 66.0 Å². The van der Waals surface area contributed by atoms with Crippen LogP contribution in [0.5, 0.6) is 0 Å². The lowest BCUT2D eigenvalue weighted by Crippen LogP contribution is -2.39. The van der Waals surface area contributed by atoms with Crippen molar-refractivity contribution in [2.75, 3.05) is 0 Å². The molecule has 0 spiro atoms. The van der Waals surface area contributed by atoms with Crippen LogP contribution in [0.1, 0.15) is 44.4 Å². The first kappa shape index (κ1) is 11.7. The summed E-state index contributed by atoms with van der Waals surface area (Å²) in [5, 5.41) is 12.1. The number of carbonyl (C=O) groups is 1. The summed E-state index contributed by atoms with van der Waals surface area (Å²) in [5.74, 6) is 0.547. The van der Waals surface area contributed by atoms with Crippen LogP contribution in [0.2, 0.25) is 0 Å². The van der Waals surface area contributed by atoms with E-state index in [-0.39, 0.29) is 11.9 Å². The van der Waals surface area contributed by atoms with Gasteiger partial charge in [0.05, 0.1) is 18.4 Å². The van der Waals surface area contributed by atoms with E-state index in [9.17, 15) is 10.1 Å². The van der Waals surface area contributed by atoms with Crippen molar-refractivity contribution < 1.29 is 9.21 Å². The smallest absolute Gasteiger partial charge is 0.241 e. The minimum absolute atomic E-state index is 0.165. The van der Waals surface area contributed by atoms with Crippen LogP contribution in [0.15, 0.2) is 22.8 Å². The van der Waals surface area contributed by atoms with Crippen LogP contribution in [-0.4, -0.2) is 5.91 Å². The normalized spacial score (nSPS) is 19.5. The van der Waals surface area contributed by atoms with Gasteiger partial charge in [-0.15, -0.1) is 0 Å². The number of hydrogen-bond donors (Lipinski definition) is 1. The summed E-state index contributed by atoms with van der Waals surface area (Å²) in [5.41, 5.74) is -0.819. The first-order chi connectivity index (χ1) is 8.18. The maximum atomic E-state index is 12.1. The molecule has 1 atom stereocenters. The number of nitrogens with one attached hydrogen (secondary N) is 1. The van der Waals surface area contributed by atoms with Gasteiger partial charge < -0.3 is 9.73 Å². The summed E-state index contributed by atoms with van der Waals surface area (Å²) < 4.78 is 5.23. The van der Waals surface area contributed by atoms with Crippen molar-refractivity contribution in [2.45, 2.75) is 38.6 Å². The molecule has 1 aromatic heterocycles. The number of hydrogen-bond acceptors (Lipinski definition) is 3. The van der Waals surface area contributed by atoms with Gasteiger partial charge in [0.15, 0.2) is 0 Å². The molecule has 2 rings (SSSR count). The largest absolute Gasteiger partial charge is 0.467 e. The lowest BCUT2D eigenvalue weighted by atomic mass is 9.87. The van der Waals surface area contributed by atoms with E-state index in [0.29, 0.717) is 18.6 Å². The van der Waals surface area contributed by atoms with Crippen LogP contribution in [-0.2, 0) is 4.79 Å². The number of nitrogens with zero attached hydrogens (tertiary/aromatic N) is 1. The van der Waals surface area contributed by atoms with Crippen LogP contribution in [0, 0.1) is 16.7 Å². The SMILES string of the molecule is C[C@H](NC(=O)C1(C#N)CCCC1)c1ccco1. The van der Waals surface area contributed by atoms with Crippen LogP contribution >= 0.6 is 0 Å². The maximum Gasteiger partial charge on any atom is 0.241 e. The van der Waals surface area contributed by atoms with Crippen molar-refractivity contribution in [1.82, 2.24) is 5.32 Å². The Balaban J connectivity index is 2.04. The van der Waals surface area contributed by atoms with Crippen LogP contribution in [0.4, 0.5) is 0 Å². The van der Waals surface area contributed by atoms with Gasteiger partial charge in [0.1, 0.15) is 11.2 Å². The molecule has 1 amide bonds. The highest BCUT2D eigenvalue weighted by Gasteiger charge is 2.42. The predicted molar refractivity (Wildman–Crippen MR) is 61.8 cm³/mol. The molecule has 0 aromatic carbocycles. The number of nitriles is 1. The molecule has 90 valence electrons. The Bertz CT molecular complexity index is 425. The third kappa shape index (κ3) is 2.19. The molecule has 1 fully saturated rings. The molecule has 17 heavy (non-hydrogen) atoms. The highest BCUT2D eigenvalue weighted by Crippen LogP contribution is 2.38. The zero-order valence-electron chi connectivity index (χ0n) is 9.90. The quantitative estimate of drug-likeness (QED) is 0.870. The van der Waals surface area contributed by atoms with Crippen LogP contribution in [0.3, 0.4) is 0 Å². The first-order valence-corrected chi connectivity index (χ1v) is 5.93. The number of furan rings is 1. The Kier molecular flexibility index (Phi) is 3.19. The summed E-state index contributed by atoms with van der Waals surface area (Å²) >= 11 is 0. The molecule has 0 radical (unpaired) electrons. The third-order valence-corrected chi connectivity index (χ3v) is 3.42. The molecular weight excluding hydrogens is 216 g/mol. The molecule has 0 saturated heterocycles. The highest BCUT2D eigenvalue weighted by atomic mass is 16.3. The fourth-order valence-electron chi connectivity index (χ4n) is 2.31. The Morgan fingerprint density at radius 1 is 1.59 bits per heavy atom. The molecule has 1 aliphatic carbocycles. The summed E-state index contributed by atoms with van der Waals surface area (Å²) in [7, 11) is 0. The van der Waals surface area contributed by atoms with E-state index in [4.69, 9.17) is 4.42 Å². The lowest BCUT2D eigenvalue weighted by molar-refractivity contribution is -0.128. The Labute approximate surface area is 101 Å². The van der Waals surface area contributed by atoms with Crippen molar-refractivity contribution in [2.24, 2.45) is 5.41 Å². The first-order valence-electron chi connectivity index (χ1n) is 5.93. The molecular formula is C13H16N2O2. The number of amides is 1. The lowest BCUT2D eigenvalue weighted by Gasteiger charge is -2.21. The van der Waals surface area contributed by atoms with Crippen molar-refractivity contribution in [3.05, 3.63) is 24.2 Å². The second-order valence-electron chi connectivity index (χ2n) is 4.61. The summed E-state index contributed by atoms with van der Waals surface area (Å²) in [6, 6.07) is 5.60. The summed E-state index contributed by atoms with van der Waals surface area (Å²) in [6.07, 6.45) is 4.82. The van der Waals surface area contributed by atoms with Crippen LogP contribution in [0.25, 0.3) is 0 Å². The molecule has 1 N–H and O–H groups in total. The molecule has 0 bridgehead atoms. The van der Waals surface area contributed by atoms with Crippen molar-refractivity contribution in [3.8, 4) is 6.07 Å². The van der Waals surface area contributed by atoms with Gasteiger partial charge in [-0.3, -0.25) is 4.79 Å². The van der Waals surface area contributed by atoms with Gasteiger partial charge in [-0.25, -0.2) is 0 Å². The third-order valence-electron chi connectivity index (χ3n) is 3.42. The molecule has 1 aromatic rings. The van der Waals surface area contributed by atoms with Gasteiger partial charge in [-0.05, 0) is 31.9 Å². The minimum atomic E-state index is -0.819. The molecule has 0 unspecified atom stereocenters. The van der Waals surface area contributed by atoms with Crippen LogP contribution < -0.4 is 5.32 Å². The van der Waals surface area contributed by atoms with E-state index in [1.165, 1.54) is 0 Å². The van der Waals surface area contributed by atoms with Gasteiger partial charge in [0.2, 0.25) is 5.91 Å². The minimum Gasteiger partial charge on any atom is -0.467 e. The number of carbonyl (C=O) groups excluding carboxylic acids is 1. The average Bonchev–Trinajstić information content (AvgIpc) is 3.01. The molecule has 4 nitrogen and oxygen atoms in total. The summed E-state index contributed by atoms with van der Waals surface area (Å²) in [6.45, 7) is 1.86. The van der Waals surface area contributed by atoms with E-state index in [0.717, 1.165) is 12.8 Å². The van der Waals surface area contributed by atoms with E-state index in [1.807, 2.05) is 13.0 Å². The fraction of sp³-hybridized carbons (Fsp3) is 0.538. The number of rotatable bonds is 3. The van der Waals surface area contributed by atoms with E-state index in [2.05, 4.69) is 11.4 Å². The van der Waals surface area contributed by atoms with Crippen molar-refractivity contribution in [1.29, 1.82) is 5.26 Å². The standard InChI is InChI=1S/C13H16N2O2/c1-10(11-5-4-8-17-11)15-12(16)13(9-14)6-2-3-7-13/h4-5,8,10H,2-3,6-7H2,1H3,(H,15,16)/t10-/m0/s1. The van der Waals surface area contributed by atoms with Gasteiger partial charge >= 0.3 is 0 Å². The highest BCUT2D eigenvalue weighted by molar-refractivity contribution is 5.86. The predicted octanol–water partition coefficient (Wildman–Crippen LogP) is 2.54. The summed E-state index contributed by atoms with van der Waals surface area (Å²) in [4.78, 5) is 12.1. The zero-order chi connectivity index (χ0) is 12.3. The van der Waals surface area contributed by atoms with E-state index in [1.54, 1.807) is 12.3 Å².